The van der Waals surface area contributed by atoms with E-state index in [0.717, 1.165) is 11.1 Å². The summed E-state index contributed by atoms with van der Waals surface area (Å²) in [5.41, 5.74) is 8.33. The van der Waals surface area contributed by atoms with Crippen LogP contribution in [0, 0.1) is 6.92 Å². The van der Waals surface area contributed by atoms with Crippen LogP contribution in [0.5, 0.6) is 0 Å². The number of aryl methyl sites for hydroxylation is 1. The fourth-order valence-corrected chi connectivity index (χ4v) is 2.52. The number of hydrogen-bond acceptors (Lipinski definition) is 7. The van der Waals surface area contributed by atoms with Gasteiger partial charge in [-0.25, -0.2) is 0 Å². The molecule has 8 heteroatoms. The minimum Gasteiger partial charge on any atom is -0.399 e. The van der Waals surface area contributed by atoms with Crippen LogP contribution >= 0.6 is 0 Å². The molecule has 0 aromatic heterocycles. The molecule has 0 amide bonds. The Morgan fingerprint density at radius 2 is 2.11 bits per heavy atom. The summed E-state index contributed by atoms with van der Waals surface area (Å²) < 4.78 is 29.8. The Morgan fingerprint density at radius 1 is 1.47 bits per heavy atom. The second-order valence-corrected chi connectivity index (χ2v) is 5.66. The van der Waals surface area contributed by atoms with Gasteiger partial charge in [-0.05, 0) is 31.0 Å². The van der Waals surface area contributed by atoms with Crippen LogP contribution in [0.25, 0.3) is 0 Å². The zero-order valence-electron chi connectivity index (χ0n) is 10.6. The molecule has 1 aliphatic rings. The largest absolute Gasteiger partial charge is 0.409 e. The Hall–Kier alpha value is -1.19. The van der Waals surface area contributed by atoms with E-state index in [9.17, 15) is 13.5 Å². The molecule has 2 rings (SSSR count). The maximum absolute atomic E-state index is 10.7. The zero-order chi connectivity index (χ0) is 14.3. The monoisotopic (exact) mass is 288 g/mol. The lowest BCUT2D eigenvalue weighted by Gasteiger charge is -2.34. The number of nitrogens with two attached hydrogens (primary N) is 1. The molecule has 0 aliphatic carbocycles. The van der Waals surface area contributed by atoms with Gasteiger partial charge in [0, 0.05) is 11.7 Å². The van der Waals surface area contributed by atoms with Gasteiger partial charge in [-0.3, -0.25) is 0 Å². The Labute approximate surface area is 111 Å². The van der Waals surface area contributed by atoms with Gasteiger partial charge in [0.2, 0.25) is 0 Å². The van der Waals surface area contributed by atoms with E-state index in [-0.39, 0.29) is 12.6 Å². The van der Waals surface area contributed by atoms with Gasteiger partial charge in [-0.2, -0.15) is 16.8 Å². The summed E-state index contributed by atoms with van der Waals surface area (Å²) in [5.74, 6) is -2.12. The maximum atomic E-state index is 10.7. The van der Waals surface area contributed by atoms with Crippen LogP contribution in [0.1, 0.15) is 24.1 Å². The fraction of sp³-hybridized carbons (Fsp3) is 0.455. The molecule has 7 nitrogen and oxygen atoms in total. The highest BCUT2D eigenvalue weighted by molar-refractivity contribution is 7.82. The zero-order valence-corrected chi connectivity index (χ0v) is 11.4. The molecule has 0 saturated carbocycles. The maximum Gasteiger partial charge on any atom is 0.409 e. The first-order valence-electron chi connectivity index (χ1n) is 5.69. The highest BCUT2D eigenvalue weighted by atomic mass is 32.3. The first-order chi connectivity index (χ1) is 8.71. The van der Waals surface area contributed by atoms with Crippen LogP contribution in [0.4, 0.5) is 5.69 Å². The van der Waals surface area contributed by atoms with Crippen LogP contribution in [0.2, 0.25) is 0 Å². The molecule has 4 N–H and O–H groups in total. The van der Waals surface area contributed by atoms with Crippen LogP contribution in [0.15, 0.2) is 18.2 Å². The molecule has 1 unspecified atom stereocenters. The lowest BCUT2D eigenvalue weighted by atomic mass is 10.0. The number of anilines is 1. The number of aliphatic hydroxyl groups is 1. The van der Waals surface area contributed by atoms with Crippen molar-refractivity contribution in [3.63, 3.8) is 0 Å². The smallest absolute Gasteiger partial charge is 0.399 e. The van der Waals surface area contributed by atoms with E-state index in [4.69, 9.17) is 5.73 Å². The van der Waals surface area contributed by atoms with Crippen molar-refractivity contribution in [3.05, 3.63) is 29.3 Å². The van der Waals surface area contributed by atoms with Crippen molar-refractivity contribution < 1.29 is 21.9 Å². The Balaban J connectivity index is 1.95. The second kappa shape index (κ2) is 4.73. The molecule has 0 radical (unpaired) electrons. The third-order valence-electron chi connectivity index (χ3n) is 2.89. The average molecular weight is 288 g/mol. The number of rotatable bonds is 4. The summed E-state index contributed by atoms with van der Waals surface area (Å²) in [5, 5.41) is 12.5. The summed E-state index contributed by atoms with van der Waals surface area (Å²) >= 11 is 0. The van der Waals surface area contributed by atoms with E-state index < -0.39 is 16.4 Å². The highest BCUT2D eigenvalue weighted by Gasteiger charge is 2.51. The van der Waals surface area contributed by atoms with Gasteiger partial charge in [0.15, 0.2) is 0 Å². The van der Waals surface area contributed by atoms with E-state index in [1.165, 1.54) is 0 Å². The first-order valence-corrected chi connectivity index (χ1v) is 7.02. The molecule has 0 spiro atoms. The van der Waals surface area contributed by atoms with Crippen molar-refractivity contribution in [2.24, 2.45) is 0 Å². The normalized spacial score (nSPS) is 21.6. The Bertz CT molecular complexity index is 575. The van der Waals surface area contributed by atoms with Crippen molar-refractivity contribution in [2.45, 2.75) is 25.9 Å². The highest BCUT2D eigenvalue weighted by Crippen LogP contribution is 2.28. The van der Waals surface area contributed by atoms with E-state index in [1.54, 1.807) is 6.07 Å². The fourth-order valence-electron chi connectivity index (χ4n) is 1.75. The lowest BCUT2D eigenvalue weighted by Crippen LogP contribution is -2.56. The standard InChI is InChI=1S/C11H16N2O5S/c1-7-5-9(3-4-10(7)12)8(2)13-6-11(14)17-19(15,16)18-11/h3-5,8,13-14H,6,12H2,1-2H3. The minimum absolute atomic E-state index is 0.126. The SMILES string of the molecule is Cc1cc(C(C)NCC2(O)OS(=O)(=O)O2)ccc1N. The van der Waals surface area contributed by atoms with Gasteiger partial charge in [0.05, 0.1) is 6.54 Å². The Morgan fingerprint density at radius 3 is 2.63 bits per heavy atom. The van der Waals surface area contributed by atoms with Crippen molar-refractivity contribution in [2.75, 3.05) is 12.3 Å². The quantitative estimate of drug-likeness (QED) is 0.677. The number of benzene rings is 1. The van der Waals surface area contributed by atoms with E-state index in [0.29, 0.717) is 5.69 Å². The van der Waals surface area contributed by atoms with Crippen molar-refractivity contribution in [1.82, 2.24) is 5.32 Å². The summed E-state index contributed by atoms with van der Waals surface area (Å²) in [6.07, 6.45) is 0. The molecule has 1 atom stereocenters. The van der Waals surface area contributed by atoms with E-state index in [2.05, 4.69) is 13.7 Å². The summed E-state index contributed by atoms with van der Waals surface area (Å²) in [7, 11) is -4.02. The van der Waals surface area contributed by atoms with Crippen LogP contribution < -0.4 is 11.1 Å². The average Bonchev–Trinajstić information content (AvgIpc) is 2.27. The molecule has 1 saturated heterocycles. The third kappa shape index (κ3) is 3.23. The third-order valence-corrected chi connectivity index (χ3v) is 3.82. The van der Waals surface area contributed by atoms with Gasteiger partial charge in [0.1, 0.15) is 0 Å². The molecular weight excluding hydrogens is 272 g/mol. The van der Waals surface area contributed by atoms with Crippen LogP contribution in [0.3, 0.4) is 0 Å². The molecule has 1 aliphatic heterocycles. The lowest BCUT2D eigenvalue weighted by molar-refractivity contribution is -0.321. The van der Waals surface area contributed by atoms with E-state index in [1.807, 2.05) is 26.0 Å². The summed E-state index contributed by atoms with van der Waals surface area (Å²) in [4.78, 5) is 0. The van der Waals surface area contributed by atoms with Gasteiger partial charge in [-0.1, -0.05) is 12.1 Å². The molecular formula is C11H16N2O5S. The van der Waals surface area contributed by atoms with Gasteiger partial charge < -0.3 is 16.2 Å². The van der Waals surface area contributed by atoms with Gasteiger partial charge >= 0.3 is 16.4 Å². The molecule has 1 fully saturated rings. The number of nitrogen functional groups attached to an aromatic ring is 1. The van der Waals surface area contributed by atoms with Crippen molar-refractivity contribution in [1.29, 1.82) is 0 Å². The van der Waals surface area contributed by atoms with Gasteiger partial charge in [0.25, 0.3) is 0 Å². The number of hydrogen-bond donors (Lipinski definition) is 3. The van der Waals surface area contributed by atoms with Crippen molar-refractivity contribution in [3.8, 4) is 0 Å². The van der Waals surface area contributed by atoms with E-state index >= 15 is 0 Å². The predicted molar refractivity (Wildman–Crippen MR) is 68.0 cm³/mol. The molecule has 19 heavy (non-hydrogen) atoms. The first kappa shape index (κ1) is 14.2. The topological polar surface area (TPSA) is 111 Å². The van der Waals surface area contributed by atoms with Crippen molar-refractivity contribution >= 4 is 16.1 Å². The molecule has 106 valence electrons. The molecule has 0 bridgehead atoms. The Kier molecular flexibility index (Phi) is 3.54. The van der Waals surface area contributed by atoms with Gasteiger partial charge in [-0.15, -0.1) is 0 Å². The molecule has 1 heterocycles. The second-order valence-electron chi connectivity index (χ2n) is 4.51. The van der Waals surface area contributed by atoms with Crippen LogP contribution in [-0.2, 0) is 18.8 Å². The number of nitrogens with one attached hydrogen (secondary N) is 1. The van der Waals surface area contributed by atoms with Crippen LogP contribution in [-0.4, -0.2) is 26.0 Å². The summed E-state index contributed by atoms with van der Waals surface area (Å²) in [6, 6.07) is 5.43. The summed E-state index contributed by atoms with van der Waals surface area (Å²) in [6.45, 7) is 3.59. The minimum atomic E-state index is -4.02. The molecule has 1 aromatic rings. The molecule has 1 aromatic carbocycles. The predicted octanol–water partition coefficient (Wildman–Crippen LogP) is 0.166.